The van der Waals surface area contributed by atoms with Crippen molar-refractivity contribution < 1.29 is 28.2 Å². The summed E-state index contributed by atoms with van der Waals surface area (Å²) in [5.74, 6) is -1.99. The molecule has 7 nitrogen and oxygen atoms in total. The van der Waals surface area contributed by atoms with Gasteiger partial charge in [-0.3, -0.25) is 4.79 Å². The van der Waals surface area contributed by atoms with Gasteiger partial charge in [0.25, 0.3) is 0 Å². The van der Waals surface area contributed by atoms with E-state index in [0.717, 1.165) is 0 Å². The molecule has 21 heavy (non-hydrogen) atoms. The number of carbonyl (C=O) groups is 2. The van der Waals surface area contributed by atoms with Gasteiger partial charge in [0.1, 0.15) is 0 Å². The van der Waals surface area contributed by atoms with Crippen molar-refractivity contribution in [2.24, 2.45) is 0 Å². The molecule has 8 heteroatoms. The van der Waals surface area contributed by atoms with Gasteiger partial charge in [0.2, 0.25) is 10.0 Å². The van der Waals surface area contributed by atoms with Crippen molar-refractivity contribution in [1.82, 2.24) is 4.72 Å². The molecule has 0 radical (unpaired) electrons. The molecule has 0 aliphatic carbocycles. The summed E-state index contributed by atoms with van der Waals surface area (Å²) in [5.41, 5.74) is 0.0163. The molecule has 0 spiro atoms. The Kier molecular flexibility index (Phi) is 6.32. The van der Waals surface area contributed by atoms with E-state index in [2.05, 4.69) is 4.72 Å². The van der Waals surface area contributed by atoms with Gasteiger partial charge < -0.3 is 10.2 Å². The Balaban J connectivity index is 2.46. The fourth-order valence-electron chi connectivity index (χ4n) is 1.64. The predicted molar refractivity (Wildman–Crippen MR) is 74.7 cm³/mol. The molecule has 0 saturated heterocycles. The van der Waals surface area contributed by atoms with Crippen LogP contribution < -0.4 is 4.72 Å². The molecule has 0 atom stereocenters. The van der Waals surface area contributed by atoms with Crippen LogP contribution >= 0.6 is 0 Å². The van der Waals surface area contributed by atoms with Gasteiger partial charge in [-0.05, 0) is 37.1 Å². The van der Waals surface area contributed by atoms with Crippen LogP contribution in [-0.4, -0.2) is 37.1 Å². The molecule has 3 N–H and O–H groups in total. The minimum atomic E-state index is -3.67. The summed E-state index contributed by atoms with van der Waals surface area (Å²) in [7, 11) is -3.67. The lowest BCUT2D eigenvalue weighted by Crippen LogP contribution is -2.24. The number of hydrogen-bond donors (Lipinski definition) is 3. The molecule has 0 aromatic heterocycles. The summed E-state index contributed by atoms with van der Waals surface area (Å²) < 4.78 is 26.2. The Labute approximate surface area is 122 Å². The van der Waals surface area contributed by atoms with Crippen LogP contribution in [0.3, 0.4) is 0 Å². The number of sulfonamides is 1. The predicted octanol–water partition coefficient (Wildman–Crippen LogP) is 1.31. The van der Waals surface area contributed by atoms with Gasteiger partial charge in [-0.2, -0.15) is 0 Å². The van der Waals surface area contributed by atoms with Gasteiger partial charge in [-0.15, -0.1) is 0 Å². The molecular formula is C13H17NO6S. The standard InChI is InChI=1S/C13H17NO6S/c15-12(16)4-2-1-3-9-14-21(19,20)11-7-5-10(6-8-11)13(17)18/h5-8,14H,1-4,9H2,(H,15,16)(H,17,18). The second-order valence-corrected chi connectivity index (χ2v) is 6.20. The number of carboxylic acids is 2. The number of hydrogen-bond acceptors (Lipinski definition) is 4. The number of nitrogens with one attached hydrogen (secondary N) is 1. The molecule has 0 bridgehead atoms. The molecule has 0 heterocycles. The molecule has 0 amide bonds. The van der Waals surface area contributed by atoms with Crippen molar-refractivity contribution in [2.75, 3.05) is 6.54 Å². The van der Waals surface area contributed by atoms with Crippen molar-refractivity contribution in [3.63, 3.8) is 0 Å². The Hall–Kier alpha value is -1.93. The summed E-state index contributed by atoms with van der Waals surface area (Å²) in [6, 6.07) is 4.92. The lowest BCUT2D eigenvalue weighted by molar-refractivity contribution is -0.137. The zero-order valence-corrected chi connectivity index (χ0v) is 12.1. The van der Waals surface area contributed by atoms with E-state index in [0.29, 0.717) is 19.3 Å². The first kappa shape index (κ1) is 17.1. The highest BCUT2D eigenvalue weighted by atomic mass is 32.2. The first-order chi connectivity index (χ1) is 9.83. The van der Waals surface area contributed by atoms with E-state index in [9.17, 15) is 18.0 Å². The van der Waals surface area contributed by atoms with Crippen LogP contribution in [0.15, 0.2) is 29.2 Å². The molecule has 0 saturated carbocycles. The molecule has 1 aromatic rings. The minimum absolute atomic E-state index is 0.00182. The van der Waals surface area contributed by atoms with E-state index in [1.54, 1.807) is 0 Å². The first-order valence-electron chi connectivity index (χ1n) is 6.38. The average molecular weight is 315 g/mol. The molecule has 0 aliphatic heterocycles. The highest BCUT2D eigenvalue weighted by molar-refractivity contribution is 7.89. The topological polar surface area (TPSA) is 121 Å². The molecule has 116 valence electrons. The number of rotatable bonds is 9. The second-order valence-electron chi connectivity index (χ2n) is 4.43. The number of aromatic carboxylic acids is 1. The van der Waals surface area contributed by atoms with Crippen molar-refractivity contribution >= 4 is 22.0 Å². The van der Waals surface area contributed by atoms with E-state index < -0.39 is 22.0 Å². The van der Waals surface area contributed by atoms with Gasteiger partial charge in [0.05, 0.1) is 10.5 Å². The zero-order chi connectivity index (χ0) is 15.9. The Morgan fingerprint density at radius 1 is 1.00 bits per heavy atom. The van der Waals surface area contributed by atoms with Crippen LogP contribution in [0.25, 0.3) is 0 Å². The molecule has 0 aliphatic rings. The van der Waals surface area contributed by atoms with E-state index in [-0.39, 0.29) is 23.4 Å². The lowest BCUT2D eigenvalue weighted by atomic mass is 10.2. The first-order valence-corrected chi connectivity index (χ1v) is 7.86. The number of benzene rings is 1. The highest BCUT2D eigenvalue weighted by Crippen LogP contribution is 2.11. The maximum Gasteiger partial charge on any atom is 0.335 e. The van der Waals surface area contributed by atoms with E-state index >= 15 is 0 Å². The summed E-state index contributed by atoms with van der Waals surface area (Å²) >= 11 is 0. The van der Waals surface area contributed by atoms with E-state index in [1.807, 2.05) is 0 Å². The summed E-state index contributed by atoms with van der Waals surface area (Å²) in [6.07, 6.45) is 1.74. The van der Waals surface area contributed by atoms with Gasteiger partial charge >= 0.3 is 11.9 Å². The number of aliphatic carboxylic acids is 1. The smallest absolute Gasteiger partial charge is 0.335 e. The fourth-order valence-corrected chi connectivity index (χ4v) is 2.72. The lowest BCUT2D eigenvalue weighted by Gasteiger charge is -2.06. The van der Waals surface area contributed by atoms with Crippen molar-refractivity contribution in [3.05, 3.63) is 29.8 Å². The quantitative estimate of drug-likeness (QED) is 0.591. The van der Waals surface area contributed by atoms with Gasteiger partial charge in [-0.25, -0.2) is 17.9 Å². The molecular weight excluding hydrogens is 298 g/mol. The summed E-state index contributed by atoms with van der Waals surface area (Å²) in [5, 5.41) is 17.2. The van der Waals surface area contributed by atoms with E-state index in [1.165, 1.54) is 24.3 Å². The van der Waals surface area contributed by atoms with Crippen LogP contribution in [-0.2, 0) is 14.8 Å². The average Bonchev–Trinajstić information content (AvgIpc) is 2.42. The van der Waals surface area contributed by atoms with Crippen molar-refractivity contribution in [3.8, 4) is 0 Å². The Morgan fingerprint density at radius 3 is 2.14 bits per heavy atom. The molecule has 0 unspecified atom stereocenters. The molecule has 1 aromatic carbocycles. The maximum atomic E-state index is 11.9. The summed E-state index contributed by atoms with van der Waals surface area (Å²) in [6.45, 7) is 0.211. The normalized spacial score (nSPS) is 11.2. The van der Waals surface area contributed by atoms with Crippen molar-refractivity contribution in [1.29, 1.82) is 0 Å². The maximum absolute atomic E-state index is 11.9. The Bertz CT molecular complexity index is 594. The van der Waals surface area contributed by atoms with Crippen LogP contribution in [0, 0.1) is 0 Å². The van der Waals surface area contributed by atoms with E-state index in [4.69, 9.17) is 10.2 Å². The SMILES string of the molecule is O=C(O)CCCCCNS(=O)(=O)c1ccc(C(=O)O)cc1. The number of unbranched alkanes of at least 4 members (excludes halogenated alkanes) is 2. The third kappa shape index (κ3) is 5.92. The highest BCUT2D eigenvalue weighted by Gasteiger charge is 2.14. The van der Waals surface area contributed by atoms with Crippen LogP contribution in [0.5, 0.6) is 0 Å². The second kappa shape index (κ2) is 7.75. The van der Waals surface area contributed by atoms with Crippen LogP contribution in [0.1, 0.15) is 36.0 Å². The van der Waals surface area contributed by atoms with Gasteiger partial charge in [0, 0.05) is 13.0 Å². The van der Waals surface area contributed by atoms with Crippen LogP contribution in [0.2, 0.25) is 0 Å². The molecule has 0 fully saturated rings. The zero-order valence-electron chi connectivity index (χ0n) is 11.3. The largest absolute Gasteiger partial charge is 0.481 e. The van der Waals surface area contributed by atoms with Crippen LogP contribution in [0.4, 0.5) is 0 Å². The van der Waals surface area contributed by atoms with Gasteiger partial charge in [0.15, 0.2) is 0 Å². The monoisotopic (exact) mass is 315 g/mol. The Morgan fingerprint density at radius 2 is 1.62 bits per heavy atom. The van der Waals surface area contributed by atoms with Gasteiger partial charge in [-0.1, -0.05) is 6.42 Å². The minimum Gasteiger partial charge on any atom is -0.481 e. The fraction of sp³-hybridized carbons (Fsp3) is 0.385. The third-order valence-electron chi connectivity index (χ3n) is 2.77. The third-order valence-corrected chi connectivity index (χ3v) is 4.25. The number of carboxylic acid groups (broad SMARTS) is 2. The summed E-state index contributed by atoms with van der Waals surface area (Å²) in [4.78, 5) is 21.0. The van der Waals surface area contributed by atoms with Crippen molar-refractivity contribution in [2.45, 2.75) is 30.6 Å². The molecule has 1 rings (SSSR count).